The summed E-state index contributed by atoms with van der Waals surface area (Å²) in [6, 6.07) is 4.71. The molecule has 0 aliphatic carbocycles. The molecule has 0 unspecified atom stereocenters. The van der Waals surface area contributed by atoms with Gasteiger partial charge in [-0.1, -0.05) is 5.92 Å². The van der Waals surface area contributed by atoms with E-state index in [1.165, 1.54) is 6.07 Å². The zero-order valence-electron chi connectivity index (χ0n) is 9.02. The summed E-state index contributed by atoms with van der Waals surface area (Å²) < 4.78 is 37.2. The second-order valence-electron chi connectivity index (χ2n) is 3.15. The molecule has 0 fully saturated rings. The molecule has 0 spiro atoms. The quantitative estimate of drug-likeness (QED) is 0.804. The minimum absolute atomic E-state index is 0.0438. The van der Waals surface area contributed by atoms with Gasteiger partial charge in [0.2, 0.25) is 0 Å². The van der Waals surface area contributed by atoms with Crippen molar-refractivity contribution in [2.75, 3.05) is 11.9 Å². The van der Waals surface area contributed by atoms with Crippen molar-refractivity contribution in [1.82, 2.24) is 0 Å². The maximum absolute atomic E-state index is 12.4. The zero-order valence-corrected chi connectivity index (χ0v) is 9.02. The van der Waals surface area contributed by atoms with Gasteiger partial charge in [-0.2, -0.15) is 18.4 Å². The van der Waals surface area contributed by atoms with Crippen molar-refractivity contribution in [3.8, 4) is 17.9 Å². The maximum atomic E-state index is 12.4. The van der Waals surface area contributed by atoms with Crippen LogP contribution in [0.1, 0.15) is 18.1 Å². The Morgan fingerprint density at radius 2 is 2.06 bits per heavy atom. The number of hydrogen-bond donors (Lipinski definition) is 1. The van der Waals surface area contributed by atoms with E-state index < -0.39 is 11.7 Å². The van der Waals surface area contributed by atoms with Gasteiger partial charge in [-0.25, -0.2) is 0 Å². The lowest BCUT2D eigenvalue weighted by atomic mass is 10.1. The first-order valence-corrected chi connectivity index (χ1v) is 4.74. The van der Waals surface area contributed by atoms with Crippen LogP contribution in [0, 0.1) is 23.2 Å². The smallest absolute Gasteiger partial charge is 0.373 e. The topological polar surface area (TPSA) is 35.8 Å². The number of alkyl halides is 3. The molecule has 0 atom stereocenters. The lowest BCUT2D eigenvalue weighted by Crippen LogP contribution is -2.07. The van der Waals surface area contributed by atoms with E-state index in [2.05, 4.69) is 17.2 Å². The predicted molar refractivity (Wildman–Crippen MR) is 58.1 cm³/mol. The van der Waals surface area contributed by atoms with Crippen molar-refractivity contribution in [2.24, 2.45) is 0 Å². The first-order valence-electron chi connectivity index (χ1n) is 4.74. The van der Waals surface area contributed by atoms with Crippen LogP contribution in [0.5, 0.6) is 0 Å². The lowest BCUT2D eigenvalue weighted by Gasteiger charge is -2.10. The van der Waals surface area contributed by atoms with Gasteiger partial charge >= 0.3 is 6.18 Å². The molecule has 0 bridgehead atoms. The van der Waals surface area contributed by atoms with Crippen molar-refractivity contribution in [1.29, 1.82) is 5.26 Å². The average Bonchev–Trinajstić information content (AvgIpc) is 2.28. The third-order valence-electron chi connectivity index (χ3n) is 2.01. The number of nitriles is 1. The van der Waals surface area contributed by atoms with Crippen molar-refractivity contribution in [3.05, 3.63) is 29.3 Å². The summed E-state index contributed by atoms with van der Waals surface area (Å²) >= 11 is 0. The summed E-state index contributed by atoms with van der Waals surface area (Å²) in [6.45, 7) is 1.94. The van der Waals surface area contributed by atoms with Crippen LogP contribution in [-0.2, 0) is 6.18 Å². The van der Waals surface area contributed by atoms with Gasteiger partial charge in [0.05, 0.1) is 23.4 Å². The number of halogens is 3. The summed E-state index contributed by atoms with van der Waals surface area (Å²) in [5, 5.41) is 11.6. The molecule has 0 heterocycles. The molecule has 0 amide bonds. The Labute approximate surface area is 97.1 Å². The number of anilines is 1. The van der Waals surface area contributed by atoms with E-state index in [1.54, 1.807) is 13.0 Å². The van der Waals surface area contributed by atoms with Gasteiger partial charge in [0.1, 0.15) is 6.07 Å². The van der Waals surface area contributed by atoms with E-state index in [1.807, 2.05) is 0 Å². The van der Waals surface area contributed by atoms with Gasteiger partial charge in [0.25, 0.3) is 0 Å². The first kappa shape index (κ1) is 12.9. The highest BCUT2D eigenvalue weighted by Crippen LogP contribution is 2.31. The molecule has 2 nitrogen and oxygen atoms in total. The van der Waals surface area contributed by atoms with Crippen molar-refractivity contribution >= 4 is 5.69 Å². The summed E-state index contributed by atoms with van der Waals surface area (Å²) in [5.74, 6) is 5.34. The lowest BCUT2D eigenvalue weighted by molar-refractivity contribution is -0.137. The Kier molecular flexibility index (Phi) is 4.01. The van der Waals surface area contributed by atoms with E-state index in [-0.39, 0.29) is 12.1 Å². The fraction of sp³-hybridized carbons (Fsp3) is 0.250. The maximum Gasteiger partial charge on any atom is 0.416 e. The van der Waals surface area contributed by atoms with E-state index in [9.17, 15) is 13.2 Å². The zero-order chi connectivity index (χ0) is 12.9. The van der Waals surface area contributed by atoms with E-state index in [4.69, 9.17) is 5.26 Å². The fourth-order valence-electron chi connectivity index (χ4n) is 1.20. The number of hydrogen-bond acceptors (Lipinski definition) is 2. The second-order valence-corrected chi connectivity index (χ2v) is 3.15. The van der Waals surface area contributed by atoms with Gasteiger partial charge < -0.3 is 5.32 Å². The standard InChI is InChI=1S/C12H9F3N2/c1-2-3-6-17-11-5-4-10(12(13,14)15)7-9(11)8-16/h4-5,7,17H,6H2,1H3. The molecule has 1 N–H and O–H groups in total. The van der Waals surface area contributed by atoms with Gasteiger partial charge in [-0.15, -0.1) is 5.92 Å². The number of nitrogens with one attached hydrogen (secondary N) is 1. The van der Waals surface area contributed by atoms with Gasteiger partial charge in [-0.3, -0.25) is 0 Å². The average molecular weight is 238 g/mol. The molecule has 1 aromatic carbocycles. The van der Waals surface area contributed by atoms with Gasteiger partial charge in [0.15, 0.2) is 0 Å². The van der Waals surface area contributed by atoms with Crippen molar-refractivity contribution in [3.63, 3.8) is 0 Å². The van der Waals surface area contributed by atoms with Crippen LogP contribution in [0.3, 0.4) is 0 Å². The Morgan fingerprint density at radius 1 is 1.35 bits per heavy atom. The van der Waals surface area contributed by atoms with Gasteiger partial charge in [0, 0.05) is 0 Å². The first-order chi connectivity index (χ1) is 7.99. The Balaban J connectivity index is 3.01. The molecule has 0 aromatic heterocycles. The summed E-state index contributed by atoms with van der Waals surface area (Å²) in [4.78, 5) is 0. The highest BCUT2D eigenvalue weighted by Gasteiger charge is 2.30. The van der Waals surface area contributed by atoms with Crippen LogP contribution in [0.25, 0.3) is 0 Å². The van der Waals surface area contributed by atoms with Gasteiger partial charge in [-0.05, 0) is 25.1 Å². The third-order valence-corrected chi connectivity index (χ3v) is 2.01. The normalized spacial score (nSPS) is 10.1. The minimum atomic E-state index is -4.44. The van der Waals surface area contributed by atoms with Crippen LogP contribution in [-0.4, -0.2) is 6.54 Å². The number of benzene rings is 1. The molecule has 1 rings (SSSR count). The van der Waals surface area contributed by atoms with Crippen LogP contribution >= 0.6 is 0 Å². The number of nitrogens with zero attached hydrogens (tertiary/aromatic N) is 1. The Morgan fingerprint density at radius 3 is 2.59 bits per heavy atom. The molecule has 1 aromatic rings. The molecule has 0 aliphatic heterocycles. The highest BCUT2D eigenvalue weighted by molar-refractivity contribution is 5.59. The minimum Gasteiger partial charge on any atom is -0.373 e. The predicted octanol–water partition coefficient (Wildman–Crippen LogP) is 3.01. The highest BCUT2D eigenvalue weighted by atomic mass is 19.4. The summed E-state index contributed by atoms with van der Waals surface area (Å²) in [7, 11) is 0. The monoisotopic (exact) mass is 238 g/mol. The number of rotatable bonds is 2. The molecule has 88 valence electrons. The summed E-state index contributed by atoms with van der Waals surface area (Å²) in [5.41, 5.74) is -0.526. The third kappa shape index (κ3) is 3.42. The fourth-order valence-corrected chi connectivity index (χ4v) is 1.20. The Hall–Kier alpha value is -2.14. The molecular weight excluding hydrogens is 229 g/mol. The van der Waals surface area contributed by atoms with E-state index >= 15 is 0 Å². The van der Waals surface area contributed by atoms with E-state index in [0.717, 1.165) is 12.1 Å². The van der Waals surface area contributed by atoms with E-state index in [0.29, 0.717) is 5.69 Å². The van der Waals surface area contributed by atoms with Crippen LogP contribution < -0.4 is 5.32 Å². The molecule has 0 saturated heterocycles. The molecule has 0 saturated carbocycles. The molecular formula is C12H9F3N2. The Bertz CT molecular complexity index is 501. The largest absolute Gasteiger partial charge is 0.416 e. The second kappa shape index (κ2) is 5.27. The van der Waals surface area contributed by atoms with Crippen molar-refractivity contribution in [2.45, 2.75) is 13.1 Å². The van der Waals surface area contributed by atoms with Crippen molar-refractivity contribution < 1.29 is 13.2 Å². The van der Waals surface area contributed by atoms with Crippen LogP contribution in [0.2, 0.25) is 0 Å². The van der Waals surface area contributed by atoms with Crippen LogP contribution in [0.4, 0.5) is 18.9 Å². The van der Waals surface area contributed by atoms with Crippen LogP contribution in [0.15, 0.2) is 18.2 Å². The SMILES string of the molecule is CC#CCNc1ccc(C(F)(F)F)cc1C#N. The molecule has 5 heteroatoms. The molecule has 0 aliphatic rings. The molecule has 17 heavy (non-hydrogen) atoms. The molecule has 0 radical (unpaired) electrons. The summed E-state index contributed by atoms with van der Waals surface area (Å²) in [6.07, 6.45) is -4.44.